The van der Waals surface area contributed by atoms with Crippen LogP contribution in [0.25, 0.3) is 0 Å². The van der Waals surface area contributed by atoms with Gasteiger partial charge in [0.2, 0.25) is 0 Å². The molecule has 0 aromatic heterocycles. The van der Waals surface area contributed by atoms with Crippen LogP contribution in [0.3, 0.4) is 0 Å². The number of aliphatic hydroxyl groups excluding tert-OH is 1. The van der Waals surface area contributed by atoms with Crippen LogP contribution in [0.4, 0.5) is 4.39 Å². The van der Waals surface area contributed by atoms with Gasteiger partial charge < -0.3 is 9.84 Å². The molecule has 0 saturated heterocycles. The van der Waals surface area contributed by atoms with Gasteiger partial charge in [0.05, 0.1) is 0 Å². The summed E-state index contributed by atoms with van der Waals surface area (Å²) in [5.41, 5.74) is 1.26. The van der Waals surface area contributed by atoms with Crippen molar-refractivity contribution in [2.75, 3.05) is 32.8 Å². The van der Waals surface area contributed by atoms with Gasteiger partial charge in [0.15, 0.2) is 11.6 Å². The van der Waals surface area contributed by atoms with Crippen molar-refractivity contribution in [3.05, 3.63) is 64.9 Å². The maximum atomic E-state index is 13.6. The number of halogens is 3. The maximum absolute atomic E-state index is 13.6. The number of benzene rings is 2. The topological polar surface area (TPSA) is 32.7 Å². The second-order valence-corrected chi connectivity index (χ2v) is 6.36. The molecular formula is C20H26Cl2FNO2. The van der Waals surface area contributed by atoms with E-state index in [4.69, 9.17) is 21.4 Å². The quantitative estimate of drug-likeness (QED) is 0.597. The van der Waals surface area contributed by atoms with Crippen molar-refractivity contribution in [2.24, 2.45) is 0 Å². The highest BCUT2D eigenvalue weighted by Crippen LogP contribution is 2.15. The summed E-state index contributed by atoms with van der Waals surface area (Å²) in [6.07, 6.45) is 2.70. The van der Waals surface area contributed by atoms with E-state index in [1.165, 1.54) is 11.6 Å². The highest BCUT2D eigenvalue weighted by Gasteiger charge is 2.07. The Morgan fingerprint density at radius 2 is 1.65 bits per heavy atom. The van der Waals surface area contributed by atoms with Gasteiger partial charge in [-0.2, -0.15) is 0 Å². The highest BCUT2D eigenvalue weighted by atomic mass is 35.5. The predicted molar refractivity (Wildman–Crippen MR) is 107 cm³/mol. The van der Waals surface area contributed by atoms with Crippen molar-refractivity contribution in [3.8, 4) is 5.75 Å². The minimum atomic E-state index is -0.341. The number of hydrogen-bond donors (Lipinski definition) is 1. The Morgan fingerprint density at radius 3 is 2.35 bits per heavy atom. The summed E-state index contributed by atoms with van der Waals surface area (Å²) in [6.45, 7) is 3.01. The molecule has 6 heteroatoms. The molecule has 26 heavy (non-hydrogen) atoms. The van der Waals surface area contributed by atoms with Gasteiger partial charge in [0, 0.05) is 24.7 Å². The molecule has 0 bridgehead atoms. The summed E-state index contributed by atoms with van der Waals surface area (Å²) >= 11 is 5.90. The first-order chi connectivity index (χ1) is 12.2. The van der Waals surface area contributed by atoms with Crippen molar-refractivity contribution < 1.29 is 14.2 Å². The second-order valence-electron chi connectivity index (χ2n) is 5.93. The van der Waals surface area contributed by atoms with E-state index in [9.17, 15) is 4.39 Å². The Morgan fingerprint density at radius 1 is 0.962 bits per heavy atom. The largest absolute Gasteiger partial charge is 0.489 e. The van der Waals surface area contributed by atoms with Gasteiger partial charge >= 0.3 is 0 Å². The molecular weight excluding hydrogens is 376 g/mol. The summed E-state index contributed by atoms with van der Waals surface area (Å²) in [5.74, 6) is -0.0575. The van der Waals surface area contributed by atoms with E-state index in [-0.39, 0.29) is 30.6 Å². The van der Waals surface area contributed by atoms with Crippen LogP contribution in [0.15, 0.2) is 48.5 Å². The lowest BCUT2D eigenvalue weighted by Gasteiger charge is -2.22. The van der Waals surface area contributed by atoms with Crippen LogP contribution >= 0.6 is 24.0 Å². The standard InChI is InChI=1S/C20H25ClFNO2.ClH/c21-18-10-8-17(9-11-18)5-3-12-23(13-4-15-24)14-16-25-20-7-2-1-6-19(20)22;/h1-2,6-11,24H,3-5,12-16H2;1H. The van der Waals surface area contributed by atoms with E-state index in [0.29, 0.717) is 13.2 Å². The molecule has 2 rings (SSSR count). The average Bonchev–Trinajstić information content (AvgIpc) is 2.62. The molecule has 0 spiro atoms. The molecule has 0 amide bonds. The van der Waals surface area contributed by atoms with Gasteiger partial charge in [-0.1, -0.05) is 35.9 Å². The predicted octanol–water partition coefficient (Wildman–Crippen LogP) is 4.60. The van der Waals surface area contributed by atoms with Gasteiger partial charge in [-0.3, -0.25) is 4.90 Å². The van der Waals surface area contributed by atoms with Gasteiger partial charge in [-0.05, 0) is 55.6 Å². The number of ether oxygens (including phenoxy) is 1. The summed E-state index contributed by atoms with van der Waals surface area (Å²) in [4.78, 5) is 2.24. The Hall–Kier alpha value is -1.33. The fourth-order valence-electron chi connectivity index (χ4n) is 2.63. The van der Waals surface area contributed by atoms with Gasteiger partial charge in [0.25, 0.3) is 0 Å². The zero-order valence-corrected chi connectivity index (χ0v) is 16.3. The summed E-state index contributed by atoms with van der Waals surface area (Å²) in [6, 6.07) is 14.3. The molecule has 0 radical (unpaired) electrons. The second kappa shape index (κ2) is 12.9. The first-order valence-corrected chi connectivity index (χ1v) is 9.02. The Labute approximate surface area is 166 Å². The smallest absolute Gasteiger partial charge is 0.165 e. The normalized spacial score (nSPS) is 10.6. The zero-order valence-electron chi connectivity index (χ0n) is 14.7. The SMILES string of the molecule is Cl.OCCCN(CCCc1ccc(Cl)cc1)CCOc1ccccc1F. The molecule has 0 aliphatic rings. The van der Waals surface area contributed by atoms with Gasteiger partial charge in [-0.25, -0.2) is 4.39 Å². The zero-order chi connectivity index (χ0) is 17.9. The average molecular weight is 402 g/mol. The van der Waals surface area contributed by atoms with E-state index >= 15 is 0 Å². The number of aliphatic hydroxyl groups is 1. The van der Waals surface area contributed by atoms with E-state index in [2.05, 4.69) is 4.90 Å². The molecule has 0 heterocycles. The summed E-state index contributed by atoms with van der Waals surface area (Å²) in [5, 5.41) is 9.81. The minimum absolute atomic E-state index is 0. The van der Waals surface area contributed by atoms with Crippen molar-refractivity contribution in [1.82, 2.24) is 4.90 Å². The molecule has 0 atom stereocenters. The molecule has 2 aromatic carbocycles. The first-order valence-electron chi connectivity index (χ1n) is 8.64. The van der Waals surface area contributed by atoms with Crippen LogP contribution < -0.4 is 4.74 Å². The molecule has 0 unspecified atom stereocenters. The lowest BCUT2D eigenvalue weighted by Crippen LogP contribution is -2.31. The highest BCUT2D eigenvalue weighted by molar-refractivity contribution is 6.30. The van der Waals surface area contributed by atoms with Crippen LogP contribution in [0.2, 0.25) is 5.02 Å². The van der Waals surface area contributed by atoms with Crippen molar-refractivity contribution in [2.45, 2.75) is 19.3 Å². The fraction of sp³-hybridized carbons (Fsp3) is 0.400. The third-order valence-electron chi connectivity index (χ3n) is 3.99. The van der Waals surface area contributed by atoms with Crippen molar-refractivity contribution in [3.63, 3.8) is 0 Å². The van der Waals surface area contributed by atoms with Crippen molar-refractivity contribution in [1.29, 1.82) is 0 Å². The maximum Gasteiger partial charge on any atom is 0.165 e. The Bertz CT molecular complexity index is 625. The van der Waals surface area contributed by atoms with Crippen molar-refractivity contribution >= 4 is 24.0 Å². The molecule has 0 aliphatic carbocycles. The molecule has 1 N–H and O–H groups in total. The molecule has 0 saturated carbocycles. The van der Waals surface area contributed by atoms with Crippen LogP contribution in [-0.2, 0) is 6.42 Å². The Kier molecular flexibility index (Phi) is 11.3. The van der Waals surface area contributed by atoms with Crippen LogP contribution in [0.5, 0.6) is 5.75 Å². The fourth-order valence-corrected chi connectivity index (χ4v) is 2.76. The third kappa shape index (κ3) is 8.37. The van der Waals surface area contributed by atoms with E-state index in [1.54, 1.807) is 18.2 Å². The number of aryl methyl sites for hydroxylation is 1. The minimum Gasteiger partial charge on any atom is -0.489 e. The molecule has 0 aliphatic heterocycles. The third-order valence-corrected chi connectivity index (χ3v) is 4.24. The molecule has 0 fully saturated rings. The lowest BCUT2D eigenvalue weighted by atomic mass is 10.1. The monoisotopic (exact) mass is 401 g/mol. The number of hydrogen-bond acceptors (Lipinski definition) is 3. The Balaban J connectivity index is 0.00000338. The van der Waals surface area contributed by atoms with Crippen LogP contribution in [0, 0.1) is 5.82 Å². The van der Waals surface area contributed by atoms with E-state index in [1.807, 2.05) is 24.3 Å². The van der Waals surface area contributed by atoms with Crippen LogP contribution in [0.1, 0.15) is 18.4 Å². The molecule has 144 valence electrons. The summed E-state index contributed by atoms with van der Waals surface area (Å²) in [7, 11) is 0. The number of para-hydroxylation sites is 1. The van der Waals surface area contributed by atoms with Gasteiger partial charge in [-0.15, -0.1) is 12.4 Å². The van der Waals surface area contributed by atoms with Gasteiger partial charge in [0.1, 0.15) is 6.61 Å². The molecule has 2 aromatic rings. The van der Waals surface area contributed by atoms with E-state index in [0.717, 1.165) is 37.4 Å². The first kappa shape index (κ1) is 22.7. The summed E-state index contributed by atoms with van der Waals surface area (Å²) < 4.78 is 19.1. The van der Waals surface area contributed by atoms with Crippen LogP contribution in [-0.4, -0.2) is 42.9 Å². The number of nitrogens with zero attached hydrogens (tertiary/aromatic N) is 1. The lowest BCUT2D eigenvalue weighted by molar-refractivity contribution is 0.185. The molecule has 3 nitrogen and oxygen atoms in total. The number of rotatable bonds is 11. The van der Waals surface area contributed by atoms with E-state index < -0.39 is 0 Å².